The molecule has 1 atom stereocenters. The van der Waals surface area contributed by atoms with E-state index in [0.29, 0.717) is 10.7 Å². The van der Waals surface area contributed by atoms with Crippen molar-refractivity contribution < 1.29 is 14.4 Å². The zero-order valence-electron chi connectivity index (χ0n) is 16.0. The van der Waals surface area contributed by atoms with Gasteiger partial charge in [-0.2, -0.15) is 0 Å². The summed E-state index contributed by atoms with van der Waals surface area (Å²) in [6.45, 7) is 2.04. The van der Waals surface area contributed by atoms with Gasteiger partial charge in [0.15, 0.2) is 0 Å². The lowest BCUT2D eigenvalue weighted by Crippen LogP contribution is -2.19. The Hall–Kier alpha value is -3.64. The summed E-state index contributed by atoms with van der Waals surface area (Å²) in [5, 5.41) is 8.79. The van der Waals surface area contributed by atoms with Crippen LogP contribution in [0.25, 0.3) is 0 Å². The lowest BCUT2D eigenvalue weighted by molar-refractivity contribution is 0.0879. The number of hydrogen-bond acceptors (Lipinski definition) is 4. The first kappa shape index (κ1) is 19.7. The highest BCUT2D eigenvalue weighted by molar-refractivity contribution is 6.33. The Labute approximate surface area is 178 Å². The van der Waals surface area contributed by atoms with Crippen LogP contribution in [0.3, 0.4) is 0 Å². The lowest BCUT2D eigenvalue weighted by atomic mass is 10.1. The minimum absolute atomic E-state index is 0.0596. The summed E-state index contributed by atoms with van der Waals surface area (Å²) in [7, 11) is 0. The van der Waals surface area contributed by atoms with E-state index < -0.39 is 17.7 Å². The molecule has 3 amide bonds. The molecule has 7 heteroatoms. The van der Waals surface area contributed by atoms with Gasteiger partial charge in [-0.15, -0.1) is 0 Å². The number of rotatable bonds is 5. The largest absolute Gasteiger partial charge is 0.377 e. The Balaban J connectivity index is 1.47. The Bertz CT molecular complexity index is 1160. The molecule has 3 aromatic rings. The molecule has 1 aliphatic heterocycles. The zero-order valence-corrected chi connectivity index (χ0v) is 16.8. The second-order valence-corrected chi connectivity index (χ2v) is 7.38. The molecule has 0 fully saturated rings. The molecule has 1 aliphatic rings. The number of anilines is 2. The quantitative estimate of drug-likeness (QED) is 0.525. The molecule has 0 spiro atoms. The maximum Gasteiger partial charge on any atom is 0.258 e. The van der Waals surface area contributed by atoms with Crippen LogP contribution in [0.2, 0.25) is 5.02 Å². The SMILES string of the molecule is CC(Nc1ccc(NC(=O)c2ccc3c(c2)C(=O)NC3=O)cc1Cl)c1ccccc1. The average molecular weight is 420 g/mol. The Morgan fingerprint density at radius 3 is 2.40 bits per heavy atom. The topological polar surface area (TPSA) is 87.3 Å². The number of imide groups is 1. The van der Waals surface area contributed by atoms with E-state index >= 15 is 0 Å². The molecule has 0 aliphatic carbocycles. The van der Waals surface area contributed by atoms with Crippen molar-refractivity contribution in [3.63, 3.8) is 0 Å². The van der Waals surface area contributed by atoms with Crippen LogP contribution in [-0.2, 0) is 0 Å². The van der Waals surface area contributed by atoms with Crippen molar-refractivity contribution in [3.05, 3.63) is 94.0 Å². The van der Waals surface area contributed by atoms with Gasteiger partial charge in [0.1, 0.15) is 0 Å². The van der Waals surface area contributed by atoms with Gasteiger partial charge in [0.2, 0.25) is 0 Å². The summed E-state index contributed by atoms with van der Waals surface area (Å²) < 4.78 is 0. The van der Waals surface area contributed by atoms with E-state index in [1.165, 1.54) is 18.2 Å². The predicted octanol–water partition coefficient (Wildman–Crippen LogP) is 4.65. The van der Waals surface area contributed by atoms with Gasteiger partial charge in [0.05, 0.1) is 21.8 Å². The van der Waals surface area contributed by atoms with Crippen molar-refractivity contribution in [2.75, 3.05) is 10.6 Å². The van der Waals surface area contributed by atoms with E-state index in [-0.39, 0.29) is 22.7 Å². The number of benzene rings is 3. The van der Waals surface area contributed by atoms with Crippen molar-refractivity contribution in [3.8, 4) is 0 Å². The molecule has 30 heavy (non-hydrogen) atoms. The normalized spacial score (nSPS) is 13.4. The third-order valence-corrected chi connectivity index (χ3v) is 5.21. The van der Waals surface area contributed by atoms with Gasteiger partial charge in [-0.3, -0.25) is 19.7 Å². The van der Waals surface area contributed by atoms with Crippen LogP contribution in [0.4, 0.5) is 11.4 Å². The molecular weight excluding hydrogens is 402 g/mol. The molecule has 3 aromatic carbocycles. The third kappa shape index (κ3) is 3.90. The predicted molar refractivity (Wildman–Crippen MR) is 116 cm³/mol. The molecule has 0 saturated carbocycles. The first-order valence-electron chi connectivity index (χ1n) is 9.34. The standard InChI is InChI=1S/C23H18ClN3O3/c1-13(14-5-3-2-4-6-14)25-20-10-8-16(12-19(20)24)26-21(28)15-7-9-17-18(11-15)23(30)27-22(17)29/h2-13,25H,1H3,(H,26,28)(H,27,29,30). The minimum Gasteiger partial charge on any atom is -0.377 e. The maximum absolute atomic E-state index is 12.6. The first-order chi connectivity index (χ1) is 14.4. The maximum atomic E-state index is 12.6. The second-order valence-electron chi connectivity index (χ2n) is 6.97. The molecule has 0 radical (unpaired) electrons. The monoisotopic (exact) mass is 419 g/mol. The van der Waals surface area contributed by atoms with Gasteiger partial charge >= 0.3 is 0 Å². The average Bonchev–Trinajstić information content (AvgIpc) is 3.03. The van der Waals surface area contributed by atoms with Gasteiger partial charge in [0.25, 0.3) is 17.7 Å². The molecule has 3 N–H and O–H groups in total. The molecular formula is C23H18ClN3O3. The van der Waals surface area contributed by atoms with Crippen LogP contribution in [-0.4, -0.2) is 17.7 Å². The van der Waals surface area contributed by atoms with Crippen LogP contribution >= 0.6 is 11.6 Å². The Kier molecular flexibility index (Phi) is 5.25. The minimum atomic E-state index is -0.504. The van der Waals surface area contributed by atoms with Crippen molar-refractivity contribution in [2.24, 2.45) is 0 Å². The molecule has 6 nitrogen and oxygen atoms in total. The van der Waals surface area contributed by atoms with Gasteiger partial charge in [0, 0.05) is 17.3 Å². The van der Waals surface area contributed by atoms with Crippen LogP contribution in [0.5, 0.6) is 0 Å². The summed E-state index contributed by atoms with van der Waals surface area (Å²) in [4.78, 5) is 36.0. The van der Waals surface area contributed by atoms with E-state index in [1.54, 1.807) is 18.2 Å². The molecule has 150 valence electrons. The Morgan fingerprint density at radius 2 is 1.67 bits per heavy atom. The highest BCUT2D eigenvalue weighted by Crippen LogP contribution is 2.29. The van der Waals surface area contributed by atoms with Crippen molar-refractivity contribution >= 4 is 40.7 Å². The van der Waals surface area contributed by atoms with Crippen LogP contribution in [0.1, 0.15) is 49.6 Å². The third-order valence-electron chi connectivity index (χ3n) is 4.90. The number of carbonyl (C=O) groups excluding carboxylic acids is 3. The smallest absolute Gasteiger partial charge is 0.258 e. The van der Waals surface area contributed by atoms with Crippen molar-refractivity contribution in [1.82, 2.24) is 5.32 Å². The van der Waals surface area contributed by atoms with E-state index in [0.717, 1.165) is 11.3 Å². The fourth-order valence-electron chi connectivity index (χ4n) is 3.28. The van der Waals surface area contributed by atoms with Crippen LogP contribution < -0.4 is 16.0 Å². The molecule has 1 unspecified atom stereocenters. The van der Waals surface area contributed by atoms with Crippen LogP contribution in [0, 0.1) is 0 Å². The number of fused-ring (bicyclic) bond motifs is 1. The molecule has 4 rings (SSSR count). The summed E-state index contributed by atoms with van der Waals surface area (Å²) in [6.07, 6.45) is 0. The summed E-state index contributed by atoms with van der Waals surface area (Å²) in [6, 6.07) is 19.6. The number of carbonyl (C=O) groups is 3. The van der Waals surface area contributed by atoms with Gasteiger partial charge in [-0.05, 0) is 48.9 Å². The number of nitrogens with one attached hydrogen (secondary N) is 3. The highest BCUT2D eigenvalue weighted by Gasteiger charge is 2.27. The fraction of sp³-hybridized carbons (Fsp3) is 0.0870. The van der Waals surface area contributed by atoms with E-state index in [4.69, 9.17) is 11.6 Å². The fourth-order valence-corrected chi connectivity index (χ4v) is 3.52. The highest BCUT2D eigenvalue weighted by atomic mass is 35.5. The first-order valence-corrected chi connectivity index (χ1v) is 9.72. The van der Waals surface area contributed by atoms with Crippen LogP contribution in [0.15, 0.2) is 66.7 Å². The van der Waals surface area contributed by atoms with Gasteiger partial charge in [-0.25, -0.2) is 0 Å². The number of halogens is 1. The van der Waals surface area contributed by atoms with Crippen molar-refractivity contribution in [2.45, 2.75) is 13.0 Å². The lowest BCUT2D eigenvalue weighted by Gasteiger charge is -2.17. The van der Waals surface area contributed by atoms with Gasteiger partial charge in [-0.1, -0.05) is 41.9 Å². The number of amides is 3. The molecule has 1 heterocycles. The summed E-state index contributed by atoms with van der Waals surface area (Å²) >= 11 is 6.40. The summed E-state index contributed by atoms with van der Waals surface area (Å²) in [5.74, 6) is -1.36. The molecule has 0 aromatic heterocycles. The molecule has 0 bridgehead atoms. The Morgan fingerprint density at radius 1 is 0.933 bits per heavy atom. The zero-order chi connectivity index (χ0) is 21.3. The summed E-state index contributed by atoms with van der Waals surface area (Å²) in [5.41, 5.74) is 3.13. The van der Waals surface area contributed by atoms with E-state index in [9.17, 15) is 14.4 Å². The van der Waals surface area contributed by atoms with E-state index in [1.807, 2.05) is 37.3 Å². The second kappa shape index (κ2) is 8.00. The number of hydrogen-bond donors (Lipinski definition) is 3. The van der Waals surface area contributed by atoms with Gasteiger partial charge < -0.3 is 10.6 Å². The molecule has 0 saturated heterocycles. The van der Waals surface area contributed by atoms with E-state index in [2.05, 4.69) is 16.0 Å². The van der Waals surface area contributed by atoms with Crippen molar-refractivity contribution in [1.29, 1.82) is 0 Å².